The second-order valence-corrected chi connectivity index (χ2v) is 6.62. The number of rotatable bonds is 9. The number of hydrogen-bond acceptors (Lipinski definition) is 4. The number of amides is 1. The van der Waals surface area contributed by atoms with Crippen molar-refractivity contribution in [2.75, 3.05) is 19.0 Å². The fourth-order valence-corrected chi connectivity index (χ4v) is 2.82. The van der Waals surface area contributed by atoms with Gasteiger partial charge in [-0.3, -0.25) is 4.79 Å². The van der Waals surface area contributed by atoms with Crippen LogP contribution in [0.25, 0.3) is 0 Å². The predicted molar refractivity (Wildman–Crippen MR) is 102 cm³/mol. The third kappa shape index (κ3) is 6.27. The molecule has 144 valence electrons. The second-order valence-electron chi connectivity index (χ2n) is 6.21. The number of ether oxygens (including phenoxy) is 1. The highest BCUT2D eigenvalue weighted by Crippen LogP contribution is 2.23. The normalized spacial score (nSPS) is 11.7. The molecule has 0 fully saturated rings. The van der Waals surface area contributed by atoms with Crippen molar-refractivity contribution < 1.29 is 24.7 Å². The molecule has 1 amide bonds. The first-order valence-corrected chi connectivity index (χ1v) is 9.00. The van der Waals surface area contributed by atoms with Gasteiger partial charge in [-0.15, -0.1) is 0 Å². The van der Waals surface area contributed by atoms with E-state index in [2.05, 4.69) is 5.32 Å². The number of quaternary nitrogens is 1. The number of hydrogen-bond donors (Lipinski definition) is 2. The summed E-state index contributed by atoms with van der Waals surface area (Å²) in [4.78, 5) is 23.6. The van der Waals surface area contributed by atoms with Crippen molar-refractivity contribution in [2.24, 2.45) is 0 Å². The van der Waals surface area contributed by atoms with Crippen LogP contribution < -0.4 is 20.5 Å². The lowest BCUT2D eigenvalue weighted by Gasteiger charge is -2.17. The highest BCUT2D eigenvalue weighted by Gasteiger charge is 2.19. The summed E-state index contributed by atoms with van der Waals surface area (Å²) in [6.45, 7) is 2.31. The van der Waals surface area contributed by atoms with Gasteiger partial charge in [0.25, 0.3) is 0 Å². The van der Waals surface area contributed by atoms with E-state index in [0.717, 1.165) is 16.9 Å². The minimum absolute atomic E-state index is 0.184. The molecule has 0 aromatic heterocycles. The average molecular weight is 391 g/mol. The van der Waals surface area contributed by atoms with E-state index in [1.165, 1.54) is 0 Å². The van der Waals surface area contributed by atoms with Gasteiger partial charge >= 0.3 is 0 Å². The van der Waals surface area contributed by atoms with E-state index in [1.807, 2.05) is 24.3 Å². The van der Waals surface area contributed by atoms with Gasteiger partial charge in [-0.1, -0.05) is 29.8 Å². The van der Waals surface area contributed by atoms with Crippen LogP contribution in [-0.4, -0.2) is 31.6 Å². The smallest absolute Gasteiger partial charge is 0.230 e. The first-order valence-electron chi connectivity index (χ1n) is 8.62. The zero-order valence-electron chi connectivity index (χ0n) is 15.3. The van der Waals surface area contributed by atoms with Crippen LogP contribution in [0.2, 0.25) is 5.02 Å². The Bertz CT molecular complexity index is 793. The van der Waals surface area contributed by atoms with Gasteiger partial charge < -0.3 is 25.3 Å². The summed E-state index contributed by atoms with van der Waals surface area (Å²) in [6, 6.07) is 11.8. The van der Waals surface area contributed by atoms with Crippen LogP contribution in [0.15, 0.2) is 42.5 Å². The van der Waals surface area contributed by atoms with Gasteiger partial charge in [-0.2, -0.15) is 0 Å². The number of nitrogens with two attached hydrogens (primary N) is 1. The molecule has 0 aliphatic heterocycles. The second kappa shape index (κ2) is 9.94. The Balaban J connectivity index is 1.87. The van der Waals surface area contributed by atoms with Gasteiger partial charge in [0.05, 0.1) is 26.0 Å². The minimum atomic E-state index is -1.26. The number of carboxylic acid groups (broad SMARTS) is 1. The number of carbonyl (C=O) groups is 2. The van der Waals surface area contributed by atoms with Crippen LogP contribution in [-0.2, 0) is 16.0 Å². The number of nitrogens with one attached hydrogen (secondary N) is 1. The Hall–Kier alpha value is -2.57. The quantitative estimate of drug-likeness (QED) is 0.665. The van der Waals surface area contributed by atoms with Crippen molar-refractivity contribution in [1.82, 2.24) is 0 Å². The molecule has 0 bridgehead atoms. The molecule has 0 heterocycles. The first kappa shape index (κ1) is 20.7. The van der Waals surface area contributed by atoms with Gasteiger partial charge in [-0.25, -0.2) is 0 Å². The molecule has 0 spiro atoms. The van der Waals surface area contributed by atoms with E-state index in [9.17, 15) is 14.7 Å². The molecule has 0 aliphatic carbocycles. The van der Waals surface area contributed by atoms with Gasteiger partial charge in [0.2, 0.25) is 5.91 Å². The van der Waals surface area contributed by atoms with Gasteiger partial charge in [0.15, 0.2) is 0 Å². The SMILES string of the molecule is COc1ccc(CC[NH2+][C@@H](CC(=O)Nc2cccc(Cl)c2C)C(=O)[O-])cc1. The molecular weight excluding hydrogens is 368 g/mol. The number of methoxy groups -OCH3 is 1. The van der Waals surface area contributed by atoms with Crippen LogP contribution in [0, 0.1) is 6.92 Å². The summed E-state index contributed by atoms with van der Waals surface area (Å²) in [5.41, 5.74) is 2.37. The van der Waals surface area contributed by atoms with Gasteiger partial charge in [-0.05, 0) is 42.3 Å². The Kier molecular flexibility index (Phi) is 7.64. The molecule has 0 saturated carbocycles. The van der Waals surface area contributed by atoms with Crippen molar-refractivity contribution in [3.8, 4) is 5.75 Å². The summed E-state index contributed by atoms with van der Waals surface area (Å²) in [7, 11) is 1.60. The van der Waals surface area contributed by atoms with Crippen LogP contribution in [0.1, 0.15) is 17.5 Å². The average Bonchev–Trinajstić information content (AvgIpc) is 2.65. The maximum absolute atomic E-state index is 12.2. The summed E-state index contributed by atoms with van der Waals surface area (Å²) in [6.07, 6.45) is 0.486. The molecule has 2 aromatic rings. The molecule has 2 aromatic carbocycles. The summed E-state index contributed by atoms with van der Waals surface area (Å²) < 4.78 is 5.11. The van der Waals surface area contributed by atoms with Gasteiger partial charge in [0.1, 0.15) is 11.8 Å². The Morgan fingerprint density at radius 3 is 2.56 bits per heavy atom. The van der Waals surface area contributed by atoms with Crippen molar-refractivity contribution in [2.45, 2.75) is 25.8 Å². The molecule has 0 unspecified atom stereocenters. The number of halogens is 1. The Morgan fingerprint density at radius 1 is 1.22 bits per heavy atom. The molecule has 2 rings (SSSR count). The zero-order valence-corrected chi connectivity index (χ0v) is 16.1. The fraction of sp³-hybridized carbons (Fsp3) is 0.300. The summed E-state index contributed by atoms with van der Waals surface area (Å²) >= 11 is 6.03. The Labute approximate surface area is 163 Å². The van der Waals surface area contributed by atoms with Crippen LogP contribution >= 0.6 is 11.6 Å². The lowest BCUT2D eigenvalue weighted by molar-refractivity contribution is -0.682. The van der Waals surface area contributed by atoms with Gasteiger partial charge in [0, 0.05) is 17.1 Å². The van der Waals surface area contributed by atoms with Crippen LogP contribution in [0.5, 0.6) is 5.75 Å². The van der Waals surface area contributed by atoms with E-state index >= 15 is 0 Å². The van der Waals surface area contributed by atoms with E-state index in [1.54, 1.807) is 37.5 Å². The maximum atomic E-state index is 12.2. The molecular formula is C20H23ClN2O4. The highest BCUT2D eigenvalue weighted by molar-refractivity contribution is 6.31. The molecule has 27 heavy (non-hydrogen) atoms. The fourth-order valence-electron chi connectivity index (χ4n) is 2.65. The van der Waals surface area contributed by atoms with E-state index < -0.39 is 17.9 Å². The molecule has 0 radical (unpaired) electrons. The lowest BCUT2D eigenvalue weighted by atomic mass is 10.1. The molecule has 7 heteroatoms. The molecule has 0 saturated heterocycles. The molecule has 6 nitrogen and oxygen atoms in total. The Morgan fingerprint density at radius 2 is 1.93 bits per heavy atom. The minimum Gasteiger partial charge on any atom is -0.544 e. The molecule has 0 aliphatic rings. The summed E-state index contributed by atoms with van der Waals surface area (Å²) in [5.74, 6) is -0.888. The standard InChI is InChI=1S/C20H23ClN2O4/c1-13-16(21)4-3-5-17(13)23-19(24)12-18(20(25)26)22-11-10-14-6-8-15(27-2)9-7-14/h3-9,18,22H,10-12H2,1-2H3,(H,23,24)(H,25,26)/t18-/m0/s1. The lowest BCUT2D eigenvalue weighted by Crippen LogP contribution is -2.93. The third-order valence-corrected chi connectivity index (χ3v) is 4.70. The van der Waals surface area contributed by atoms with Crippen LogP contribution in [0.4, 0.5) is 5.69 Å². The number of carboxylic acids is 1. The number of anilines is 1. The zero-order chi connectivity index (χ0) is 19.8. The monoisotopic (exact) mass is 390 g/mol. The number of aliphatic carboxylic acids is 1. The van der Waals surface area contributed by atoms with E-state index in [-0.39, 0.29) is 6.42 Å². The topological polar surface area (TPSA) is 95.1 Å². The van der Waals surface area contributed by atoms with Crippen molar-refractivity contribution >= 4 is 29.2 Å². The summed E-state index contributed by atoms with van der Waals surface area (Å²) in [5, 5.41) is 16.2. The predicted octanol–water partition coefficient (Wildman–Crippen LogP) is 0.910. The first-order chi connectivity index (χ1) is 12.9. The molecule has 1 atom stereocenters. The number of benzene rings is 2. The molecule has 3 N–H and O–H groups in total. The number of carbonyl (C=O) groups excluding carboxylic acids is 2. The van der Waals surface area contributed by atoms with Crippen molar-refractivity contribution in [1.29, 1.82) is 0 Å². The van der Waals surface area contributed by atoms with Crippen molar-refractivity contribution in [3.63, 3.8) is 0 Å². The maximum Gasteiger partial charge on any atom is 0.230 e. The van der Waals surface area contributed by atoms with E-state index in [4.69, 9.17) is 16.3 Å². The highest BCUT2D eigenvalue weighted by atomic mass is 35.5. The van der Waals surface area contributed by atoms with Crippen molar-refractivity contribution in [3.05, 3.63) is 58.6 Å². The third-order valence-electron chi connectivity index (χ3n) is 4.29. The largest absolute Gasteiger partial charge is 0.544 e. The van der Waals surface area contributed by atoms with E-state index in [0.29, 0.717) is 23.7 Å². The van der Waals surface area contributed by atoms with Crippen LogP contribution in [0.3, 0.4) is 0 Å².